The number of pyridine rings is 1. The molecule has 102 valence electrons. The van der Waals surface area contributed by atoms with Gasteiger partial charge in [0.25, 0.3) is 0 Å². The Labute approximate surface area is 130 Å². The molecule has 1 unspecified atom stereocenters. The lowest BCUT2D eigenvalue weighted by Gasteiger charge is -2.17. The van der Waals surface area contributed by atoms with Crippen molar-refractivity contribution >= 4 is 31.9 Å². The first kappa shape index (κ1) is 14.8. The highest BCUT2D eigenvalue weighted by Crippen LogP contribution is 2.27. The van der Waals surface area contributed by atoms with E-state index in [4.69, 9.17) is 4.42 Å². The maximum absolute atomic E-state index is 5.34. The van der Waals surface area contributed by atoms with Gasteiger partial charge in [-0.05, 0) is 68.9 Å². The second-order valence-corrected chi connectivity index (χ2v) is 6.01. The van der Waals surface area contributed by atoms with Gasteiger partial charge in [0.15, 0.2) is 4.67 Å². The van der Waals surface area contributed by atoms with Crippen LogP contribution in [0.5, 0.6) is 0 Å². The number of hydrogen-bond acceptors (Lipinski definition) is 3. The molecule has 19 heavy (non-hydrogen) atoms. The third kappa shape index (κ3) is 4.16. The Morgan fingerprint density at radius 3 is 2.84 bits per heavy atom. The summed E-state index contributed by atoms with van der Waals surface area (Å²) < 4.78 is 7.14. The predicted octanol–water partition coefficient (Wildman–Crippen LogP) is 4.48. The highest BCUT2D eigenvalue weighted by atomic mass is 79.9. The van der Waals surface area contributed by atoms with Crippen LogP contribution in [0.4, 0.5) is 0 Å². The monoisotopic (exact) mass is 386 g/mol. The van der Waals surface area contributed by atoms with Crippen LogP contribution in [0.15, 0.2) is 44.3 Å². The molecule has 2 heterocycles. The quantitative estimate of drug-likeness (QED) is 0.793. The van der Waals surface area contributed by atoms with Crippen LogP contribution >= 0.6 is 31.9 Å². The van der Waals surface area contributed by atoms with E-state index in [1.54, 1.807) is 12.5 Å². The molecule has 3 nitrogen and oxygen atoms in total. The van der Waals surface area contributed by atoms with Crippen molar-refractivity contribution in [3.63, 3.8) is 0 Å². The Morgan fingerprint density at radius 2 is 2.21 bits per heavy atom. The summed E-state index contributed by atoms with van der Waals surface area (Å²) in [6.45, 7) is 3.14. The van der Waals surface area contributed by atoms with Crippen LogP contribution in [0, 0.1) is 0 Å². The van der Waals surface area contributed by atoms with E-state index in [2.05, 4.69) is 55.2 Å². The third-order valence-electron chi connectivity index (χ3n) is 2.86. The number of hydrogen-bond donors (Lipinski definition) is 1. The van der Waals surface area contributed by atoms with Crippen LogP contribution in [-0.4, -0.2) is 11.5 Å². The predicted molar refractivity (Wildman–Crippen MR) is 83.1 cm³/mol. The maximum atomic E-state index is 5.34. The molecule has 2 aromatic rings. The zero-order chi connectivity index (χ0) is 13.7. The normalized spacial score (nSPS) is 12.6. The fourth-order valence-corrected chi connectivity index (χ4v) is 2.90. The smallest absolute Gasteiger partial charge is 0.173 e. The van der Waals surface area contributed by atoms with E-state index in [0.717, 1.165) is 34.1 Å². The van der Waals surface area contributed by atoms with Crippen LogP contribution in [0.1, 0.15) is 30.5 Å². The van der Waals surface area contributed by atoms with Crippen LogP contribution in [0.3, 0.4) is 0 Å². The number of halogens is 2. The second-order valence-electron chi connectivity index (χ2n) is 4.37. The molecule has 2 rings (SSSR count). The lowest BCUT2D eigenvalue weighted by molar-refractivity contribution is 0.497. The van der Waals surface area contributed by atoms with Crippen molar-refractivity contribution in [3.05, 3.63) is 51.1 Å². The largest absolute Gasteiger partial charge is 0.457 e. The summed E-state index contributed by atoms with van der Waals surface area (Å²) in [6.07, 6.45) is 7.39. The average Bonchev–Trinajstić information content (AvgIpc) is 2.81. The van der Waals surface area contributed by atoms with Crippen LogP contribution in [-0.2, 0) is 6.42 Å². The Bertz CT molecular complexity index is 528. The van der Waals surface area contributed by atoms with Crippen molar-refractivity contribution in [1.29, 1.82) is 0 Å². The number of aromatic nitrogens is 1. The van der Waals surface area contributed by atoms with Gasteiger partial charge in [0, 0.05) is 28.5 Å². The fraction of sp³-hybridized carbons (Fsp3) is 0.357. The van der Waals surface area contributed by atoms with Gasteiger partial charge < -0.3 is 9.73 Å². The summed E-state index contributed by atoms with van der Waals surface area (Å²) >= 11 is 6.91. The Morgan fingerprint density at radius 1 is 1.37 bits per heavy atom. The Balaban J connectivity index is 2.16. The highest BCUT2D eigenvalue weighted by Gasteiger charge is 2.16. The van der Waals surface area contributed by atoms with Crippen LogP contribution in [0.25, 0.3) is 0 Å². The first-order valence-electron chi connectivity index (χ1n) is 6.26. The molecule has 0 saturated carbocycles. The minimum absolute atomic E-state index is 0.226. The molecule has 0 aliphatic heterocycles. The van der Waals surface area contributed by atoms with E-state index >= 15 is 0 Å². The van der Waals surface area contributed by atoms with Gasteiger partial charge in [-0.3, -0.25) is 4.98 Å². The molecule has 0 saturated heterocycles. The van der Waals surface area contributed by atoms with Crippen LogP contribution in [0.2, 0.25) is 0 Å². The van der Waals surface area contributed by atoms with Crippen molar-refractivity contribution in [3.8, 4) is 0 Å². The summed E-state index contributed by atoms with van der Waals surface area (Å²) in [6, 6.07) is 4.33. The molecule has 0 aliphatic carbocycles. The summed E-state index contributed by atoms with van der Waals surface area (Å²) in [7, 11) is 0. The fourth-order valence-electron chi connectivity index (χ4n) is 1.97. The van der Waals surface area contributed by atoms with Crippen molar-refractivity contribution in [2.45, 2.75) is 25.8 Å². The molecule has 0 aliphatic rings. The summed E-state index contributed by atoms with van der Waals surface area (Å²) in [5.41, 5.74) is 2.34. The van der Waals surface area contributed by atoms with Gasteiger partial charge in [-0.15, -0.1) is 0 Å². The Hall–Kier alpha value is -0.650. The number of furan rings is 1. The van der Waals surface area contributed by atoms with Crippen molar-refractivity contribution in [1.82, 2.24) is 10.3 Å². The molecule has 0 amide bonds. The number of rotatable bonds is 6. The molecule has 0 spiro atoms. The molecule has 1 N–H and O–H groups in total. The third-order valence-corrected chi connectivity index (χ3v) is 3.94. The molecule has 2 aromatic heterocycles. The minimum Gasteiger partial charge on any atom is -0.457 e. The molecule has 0 radical (unpaired) electrons. The molecule has 5 heteroatoms. The molecule has 0 fully saturated rings. The van der Waals surface area contributed by atoms with Crippen molar-refractivity contribution in [2.75, 3.05) is 6.54 Å². The maximum Gasteiger partial charge on any atom is 0.173 e. The van der Waals surface area contributed by atoms with E-state index in [1.165, 1.54) is 5.56 Å². The molecular weight excluding hydrogens is 372 g/mol. The SMILES string of the molecule is CCCNC(Cc1cncc(Br)c1)c1ccoc1Br. The van der Waals surface area contributed by atoms with Gasteiger partial charge in [0.05, 0.1) is 6.26 Å². The summed E-state index contributed by atoms with van der Waals surface area (Å²) in [5, 5.41) is 3.55. The molecular formula is C14H16Br2N2O. The van der Waals surface area contributed by atoms with Gasteiger partial charge in [0.2, 0.25) is 0 Å². The van der Waals surface area contributed by atoms with Gasteiger partial charge in [-0.25, -0.2) is 0 Å². The number of nitrogens with zero attached hydrogens (tertiary/aromatic N) is 1. The Kier molecular flexibility index (Phi) is 5.60. The zero-order valence-corrected chi connectivity index (χ0v) is 13.9. The first-order chi connectivity index (χ1) is 9.20. The molecule has 0 bridgehead atoms. The van der Waals surface area contributed by atoms with Crippen molar-refractivity contribution < 1.29 is 4.42 Å². The van der Waals surface area contributed by atoms with Gasteiger partial charge in [-0.2, -0.15) is 0 Å². The summed E-state index contributed by atoms with van der Waals surface area (Å²) in [5.74, 6) is 0. The van der Waals surface area contributed by atoms with Crippen LogP contribution < -0.4 is 5.32 Å². The molecule has 1 atom stereocenters. The van der Waals surface area contributed by atoms with Gasteiger partial charge in [0.1, 0.15) is 0 Å². The van der Waals surface area contributed by atoms with E-state index < -0.39 is 0 Å². The van der Waals surface area contributed by atoms with E-state index in [1.807, 2.05) is 12.3 Å². The van der Waals surface area contributed by atoms with E-state index in [9.17, 15) is 0 Å². The van der Waals surface area contributed by atoms with E-state index in [0.29, 0.717) is 0 Å². The minimum atomic E-state index is 0.226. The van der Waals surface area contributed by atoms with Gasteiger partial charge >= 0.3 is 0 Å². The van der Waals surface area contributed by atoms with Gasteiger partial charge in [-0.1, -0.05) is 6.92 Å². The standard InChI is InChI=1S/C14H16Br2N2O/c1-2-4-18-13(12-3-5-19-14(12)16)7-10-6-11(15)9-17-8-10/h3,5-6,8-9,13,18H,2,4,7H2,1H3. The average molecular weight is 388 g/mol. The van der Waals surface area contributed by atoms with Crippen molar-refractivity contribution in [2.24, 2.45) is 0 Å². The topological polar surface area (TPSA) is 38.1 Å². The lowest BCUT2D eigenvalue weighted by atomic mass is 10.0. The first-order valence-corrected chi connectivity index (χ1v) is 7.85. The summed E-state index contributed by atoms with van der Waals surface area (Å²) in [4.78, 5) is 4.21. The zero-order valence-electron chi connectivity index (χ0n) is 10.7. The molecule has 0 aromatic carbocycles. The van der Waals surface area contributed by atoms with E-state index in [-0.39, 0.29) is 6.04 Å². The number of nitrogens with one attached hydrogen (secondary N) is 1. The lowest BCUT2D eigenvalue weighted by Crippen LogP contribution is -2.24. The highest BCUT2D eigenvalue weighted by molar-refractivity contribution is 9.10. The second kappa shape index (κ2) is 7.22.